The zero-order valence-electron chi connectivity index (χ0n) is 16.6. The second kappa shape index (κ2) is 10.9. The molecule has 24 heavy (non-hydrogen) atoms. The van der Waals surface area contributed by atoms with Crippen LogP contribution in [-0.4, -0.2) is 19.0 Å². The van der Waals surface area contributed by atoms with E-state index in [0.29, 0.717) is 13.2 Å². The Labute approximate surface area is 149 Å². The average Bonchev–Trinajstić information content (AvgIpc) is 2.59. The molecule has 0 bridgehead atoms. The number of unbranched alkanes of at least 4 members (excludes halogenated alkanes) is 5. The van der Waals surface area contributed by atoms with Gasteiger partial charge in [-0.05, 0) is 32.8 Å². The van der Waals surface area contributed by atoms with Gasteiger partial charge in [0, 0.05) is 18.6 Å². The van der Waals surface area contributed by atoms with Crippen LogP contribution in [-0.2, 0) is 14.9 Å². The second-order valence-corrected chi connectivity index (χ2v) is 7.03. The molecule has 0 N–H and O–H groups in total. The summed E-state index contributed by atoms with van der Waals surface area (Å²) in [6, 6.07) is 10.7. The lowest BCUT2D eigenvalue weighted by Crippen LogP contribution is -2.51. The molecule has 0 aromatic heterocycles. The van der Waals surface area contributed by atoms with Crippen LogP contribution in [0.3, 0.4) is 0 Å². The van der Waals surface area contributed by atoms with Crippen LogP contribution in [0.15, 0.2) is 30.3 Å². The van der Waals surface area contributed by atoms with E-state index in [4.69, 9.17) is 9.47 Å². The number of ether oxygens (including phenoxy) is 2. The SMILES string of the molecule is CCCCCCCCC(C)(c1ccccc1)C(C)(OCC)OCC. The van der Waals surface area contributed by atoms with Gasteiger partial charge in [0.2, 0.25) is 0 Å². The zero-order chi connectivity index (χ0) is 17.9. The molecular formula is C22H38O2. The van der Waals surface area contributed by atoms with Crippen molar-refractivity contribution in [3.8, 4) is 0 Å². The highest BCUT2D eigenvalue weighted by Gasteiger charge is 2.47. The Balaban J connectivity index is 2.90. The minimum absolute atomic E-state index is 0.148. The Morgan fingerprint density at radius 1 is 0.750 bits per heavy atom. The topological polar surface area (TPSA) is 18.5 Å². The van der Waals surface area contributed by atoms with E-state index in [1.165, 1.54) is 44.1 Å². The van der Waals surface area contributed by atoms with E-state index < -0.39 is 5.79 Å². The van der Waals surface area contributed by atoms with Crippen molar-refractivity contribution in [2.45, 2.75) is 90.8 Å². The standard InChI is InChI=1S/C22H38O2/c1-6-9-10-11-12-16-19-21(4,20-17-14-13-15-18-20)22(5,23-7-2)24-8-3/h13-15,17-18H,6-12,16,19H2,1-5H3. The van der Waals surface area contributed by atoms with E-state index in [1.807, 2.05) is 13.8 Å². The fourth-order valence-corrected chi connectivity index (χ4v) is 3.61. The Morgan fingerprint density at radius 2 is 1.29 bits per heavy atom. The van der Waals surface area contributed by atoms with E-state index in [9.17, 15) is 0 Å². The molecule has 0 amide bonds. The highest BCUT2D eigenvalue weighted by Crippen LogP contribution is 2.43. The van der Waals surface area contributed by atoms with Gasteiger partial charge in [-0.2, -0.15) is 0 Å². The van der Waals surface area contributed by atoms with Gasteiger partial charge in [-0.3, -0.25) is 0 Å². The fourth-order valence-electron chi connectivity index (χ4n) is 3.61. The largest absolute Gasteiger partial charge is 0.350 e. The molecule has 1 aromatic rings. The fraction of sp³-hybridized carbons (Fsp3) is 0.727. The third-order valence-corrected chi connectivity index (χ3v) is 5.28. The van der Waals surface area contributed by atoms with Crippen LogP contribution in [0.4, 0.5) is 0 Å². The van der Waals surface area contributed by atoms with Crippen molar-refractivity contribution in [2.75, 3.05) is 13.2 Å². The molecule has 1 rings (SSSR count). The van der Waals surface area contributed by atoms with Crippen LogP contribution in [0.25, 0.3) is 0 Å². The molecule has 2 heteroatoms. The van der Waals surface area contributed by atoms with E-state index >= 15 is 0 Å². The van der Waals surface area contributed by atoms with Gasteiger partial charge in [-0.25, -0.2) is 0 Å². The highest BCUT2D eigenvalue weighted by molar-refractivity contribution is 5.27. The van der Waals surface area contributed by atoms with Crippen molar-refractivity contribution in [1.29, 1.82) is 0 Å². The molecule has 1 aromatic carbocycles. The van der Waals surface area contributed by atoms with Crippen LogP contribution < -0.4 is 0 Å². The quantitative estimate of drug-likeness (QED) is 0.303. The first kappa shape index (κ1) is 21.2. The summed E-state index contributed by atoms with van der Waals surface area (Å²) in [6.45, 7) is 12.1. The van der Waals surface area contributed by atoms with Gasteiger partial charge >= 0.3 is 0 Å². The van der Waals surface area contributed by atoms with E-state index in [0.717, 1.165) is 6.42 Å². The van der Waals surface area contributed by atoms with Crippen LogP contribution in [0.5, 0.6) is 0 Å². The van der Waals surface area contributed by atoms with Crippen molar-refractivity contribution in [2.24, 2.45) is 0 Å². The lowest BCUT2D eigenvalue weighted by Gasteiger charge is -2.46. The van der Waals surface area contributed by atoms with Gasteiger partial charge in [0.1, 0.15) is 0 Å². The minimum atomic E-state index is -0.596. The van der Waals surface area contributed by atoms with E-state index in [2.05, 4.69) is 51.1 Å². The second-order valence-electron chi connectivity index (χ2n) is 7.03. The zero-order valence-corrected chi connectivity index (χ0v) is 16.6. The third kappa shape index (κ3) is 5.60. The Bertz CT molecular complexity index is 423. The Morgan fingerprint density at radius 3 is 1.83 bits per heavy atom. The van der Waals surface area contributed by atoms with Crippen LogP contribution >= 0.6 is 0 Å². The molecule has 138 valence electrons. The normalized spacial score (nSPS) is 14.5. The van der Waals surface area contributed by atoms with Crippen molar-refractivity contribution in [3.05, 3.63) is 35.9 Å². The summed E-state index contributed by atoms with van der Waals surface area (Å²) in [7, 11) is 0. The van der Waals surface area contributed by atoms with Gasteiger partial charge in [-0.1, -0.05) is 82.7 Å². The lowest BCUT2D eigenvalue weighted by molar-refractivity contribution is -0.261. The van der Waals surface area contributed by atoms with Crippen molar-refractivity contribution in [3.63, 3.8) is 0 Å². The smallest absolute Gasteiger partial charge is 0.174 e. The van der Waals surface area contributed by atoms with E-state index in [-0.39, 0.29) is 5.41 Å². The maximum Gasteiger partial charge on any atom is 0.174 e. The van der Waals surface area contributed by atoms with E-state index in [1.54, 1.807) is 0 Å². The average molecular weight is 335 g/mol. The summed E-state index contributed by atoms with van der Waals surface area (Å²) in [5, 5.41) is 0. The van der Waals surface area contributed by atoms with Gasteiger partial charge in [0.05, 0.1) is 0 Å². The van der Waals surface area contributed by atoms with Crippen molar-refractivity contribution < 1.29 is 9.47 Å². The van der Waals surface area contributed by atoms with Gasteiger partial charge < -0.3 is 9.47 Å². The van der Waals surface area contributed by atoms with Crippen molar-refractivity contribution in [1.82, 2.24) is 0 Å². The number of hydrogen-bond acceptors (Lipinski definition) is 2. The summed E-state index contributed by atoms with van der Waals surface area (Å²) >= 11 is 0. The monoisotopic (exact) mass is 334 g/mol. The molecule has 0 saturated carbocycles. The molecule has 0 fully saturated rings. The molecule has 2 nitrogen and oxygen atoms in total. The molecule has 0 aliphatic heterocycles. The van der Waals surface area contributed by atoms with Crippen LogP contribution in [0, 0.1) is 0 Å². The Kier molecular flexibility index (Phi) is 9.61. The number of rotatable bonds is 13. The predicted octanol–water partition coefficient (Wildman–Crippen LogP) is 6.48. The molecule has 1 atom stereocenters. The maximum atomic E-state index is 6.16. The molecule has 0 heterocycles. The molecule has 0 aliphatic carbocycles. The molecule has 0 saturated heterocycles. The first-order valence-corrected chi connectivity index (χ1v) is 9.87. The summed E-state index contributed by atoms with van der Waals surface area (Å²) in [4.78, 5) is 0. The van der Waals surface area contributed by atoms with Gasteiger partial charge in [0.25, 0.3) is 0 Å². The Hall–Kier alpha value is -0.860. The third-order valence-electron chi connectivity index (χ3n) is 5.28. The minimum Gasteiger partial charge on any atom is -0.350 e. The molecular weight excluding hydrogens is 296 g/mol. The lowest BCUT2D eigenvalue weighted by atomic mass is 9.71. The summed E-state index contributed by atoms with van der Waals surface area (Å²) in [5.41, 5.74) is 1.16. The first-order valence-electron chi connectivity index (χ1n) is 9.87. The molecule has 0 radical (unpaired) electrons. The predicted molar refractivity (Wildman–Crippen MR) is 103 cm³/mol. The van der Waals surface area contributed by atoms with Gasteiger partial charge in [-0.15, -0.1) is 0 Å². The summed E-state index contributed by atoms with van der Waals surface area (Å²) in [5.74, 6) is -0.596. The number of benzene rings is 1. The van der Waals surface area contributed by atoms with Crippen molar-refractivity contribution >= 4 is 0 Å². The summed E-state index contributed by atoms with van der Waals surface area (Å²) in [6.07, 6.45) is 8.92. The van der Waals surface area contributed by atoms with Crippen LogP contribution in [0.2, 0.25) is 0 Å². The summed E-state index contributed by atoms with van der Waals surface area (Å²) < 4.78 is 12.3. The first-order chi connectivity index (χ1) is 11.5. The molecule has 0 aliphatic rings. The highest BCUT2D eigenvalue weighted by atomic mass is 16.7. The maximum absolute atomic E-state index is 6.16. The molecule has 0 spiro atoms. The molecule has 1 unspecified atom stereocenters. The van der Waals surface area contributed by atoms with Crippen LogP contribution in [0.1, 0.15) is 85.1 Å². The van der Waals surface area contributed by atoms with Gasteiger partial charge in [0.15, 0.2) is 5.79 Å². The number of hydrogen-bond donors (Lipinski definition) is 0.